The highest BCUT2D eigenvalue weighted by Gasteiger charge is 2.21. The van der Waals surface area contributed by atoms with Gasteiger partial charge in [0.05, 0.1) is 22.1 Å². The summed E-state index contributed by atoms with van der Waals surface area (Å²) in [6.45, 7) is 0. The van der Waals surface area contributed by atoms with E-state index in [4.69, 9.17) is 14.4 Å². The van der Waals surface area contributed by atoms with Crippen molar-refractivity contribution in [2.75, 3.05) is 0 Å². The predicted molar refractivity (Wildman–Crippen MR) is 164 cm³/mol. The molecule has 0 saturated carbocycles. The maximum atomic E-state index is 6.11. The first-order chi connectivity index (χ1) is 19.8. The summed E-state index contributed by atoms with van der Waals surface area (Å²) in [4.78, 5) is 10.5. The fourth-order valence-corrected chi connectivity index (χ4v) is 6.69. The number of rotatable bonds is 1. The highest BCUT2D eigenvalue weighted by molar-refractivity contribution is 6.24. The van der Waals surface area contributed by atoms with Crippen LogP contribution in [0.4, 0.5) is 0 Å². The van der Waals surface area contributed by atoms with Gasteiger partial charge in [-0.25, -0.2) is 9.97 Å². The smallest absolute Gasteiger partial charge is 0.165 e. The van der Waals surface area contributed by atoms with Crippen LogP contribution in [0.2, 0.25) is 0 Å². The van der Waals surface area contributed by atoms with E-state index in [1.807, 2.05) is 12.1 Å². The molecule has 6 aromatic carbocycles. The molecule has 10 rings (SSSR count). The average molecular weight is 510 g/mol. The molecule has 0 radical (unpaired) electrons. The lowest BCUT2D eigenvalue weighted by Crippen LogP contribution is -1.90. The molecule has 4 aromatic heterocycles. The lowest BCUT2D eigenvalue weighted by atomic mass is 9.99. The Kier molecular flexibility index (Phi) is 3.65. The lowest BCUT2D eigenvalue weighted by Gasteiger charge is -2.05. The van der Waals surface area contributed by atoms with Crippen molar-refractivity contribution in [2.45, 2.75) is 0 Å². The number of benzene rings is 6. The molecule has 0 unspecified atom stereocenters. The Morgan fingerprint density at radius 2 is 1.25 bits per heavy atom. The Morgan fingerprint density at radius 1 is 0.500 bits per heavy atom. The second-order valence-corrected chi connectivity index (χ2v) is 10.6. The van der Waals surface area contributed by atoms with E-state index < -0.39 is 0 Å². The zero-order valence-electron chi connectivity index (χ0n) is 21.2. The molecule has 0 atom stereocenters. The highest BCUT2D eigenvalue weighted by Crippen LogP contribution is 2.42. The third-order valence-electron chi connectivity index (χ3n) is 8.49. The number of furan rings is 1. The Labute approximate surface area is 227 Å². The molecule has 0 aliphatic rings. The molecule has 0 saturated heterocycles. The second kappa shape index (κ2) is 7.13. The summed E-state index contributed by atoms with van der Waals surface area (Å²) in [5.41, 5.74) is 10.1. The van der Waals surface area contributed by atoms with Crippen molar-refractivity contribution in [2.24, 2.45) is 0 Å². The van der Waals surface area contributed by atoms with E-state index >= 15 is 0 Å². The summed E-state index contributed by atoms with van der Waals surface area (Å²) in [6, 6.07) is 40.6. The zero-order chi connectivity index (χ0) is 25.9. The number of hydrogen-bond donors (Lipinski definition) is 0. The minimum Gasteiger partial charge on any atom is -0.456 e. The zero-order valence-corrected chi connectivity index (χ0v) is 21.2. The molecular formula is C36H19N3O. The molecular weight excluding hydrogens is 490 g/mol. The van der Waals surface area contributed by atoms with Crippen LogP contribution in [0, 0.1) is 0 Å². The summed E-state index contributed by atoms with van der Waals surface area (Å²) in [7, 11) is 0. The number of hydrogen-bond acceptors (Lipinski definition) is 3. The monoisotopic (exact) mass is 509 g/mol. The minimum atomic E-state index is 0.900. The van der Waals surface area contributed by atoms with Crippen LogP contribution in [0.3, 0.4) is 0 Å². The minimum absolute atomic E-state index is 0.900. The first-order valence-electron chi connectivity index (χ1n) is 13.5. The largest absolute Gasteiger partial charge is 0.456 e. The Balaban J connectivity index is 1.36. The van der Waals surface area contributed by atoms with Crippen molar-refractivity contribution in [1.29, 1.82) is 0 Å². The van der Waals surface area contributed by atoms with Gasteiger partial charge in [-0.3, -0.25) is 4.40 Å². The van der Waals surface area contributed by atoms with Gasteiger partial charge in [0.2, 0.25) is 0 Å². The van der Waals surface area contributed by atoms with Gasteiger partial charge in [0.25, 0.3) is 0 Å². The molecule has 4 heterocycles. The van der Waals surface area contributed by atoms with E-state index in [9.17, 15) is 0 Å². The fraction of sp³-hybridized carbons (Fsp3) is 0. The van der Waals surface area contributed by atoms with Crippen LogP contribution in [-0.2, 0) is 0 Å². The maximum absolute atomic E-state index is 6.11. The lowest BCUT2D eigenvalue weighted by molar-refractivity contribution is 0.669. The fourth-order valence-electron chi connectivity index (χ4n) is 6.69. The van der Waals surface area contributed by atoms with Gasteiger partial charge in [-0.1, -0.05) is 72.8 Å². The quantitative estimate of drug-likeness (QED) is 0.207. The molecule has 0 amide bonds. The van der Waals surface area contributed by atoms with E-state index in [-0.39, 0.29) is 0 Å². The topological polar surface area (TPSA) is 43.3 Å². The molecule has 4 heteroatoms. The van der Waals surface area contributed by atoms with E-state index in [2.05, 4.69) is 108 Å². The van der Waals surface area contributed by atoms with Gasteiger partial charge in [0.1, 0.15) is 16.7 Å². The second-order valence-electron chi connectivity index (χ2n) is 10.6. The molecule has 4 nitrogen and oxygen atoms in total. The predicted octanol–water partition coefficient (Wildman–Crippen LogP) is 9.50. The Bertz CT molecular complexity index is 2660. The highest BCUT2D eigenvalue weighted by atomic mass is 16.3. The van der Waals surface area contributed by atoms with Crippen LogP contribution in [0.5, 0.6) is 0 Å². The summed E-state index contributed by atoms with van der Waals surface area (Å²) in [5.74, 6) is 0. The van der Waals surface area contributed by atoms with E-state index in [0.717, 1.165) is 71.6 Å². The maximum Gasteiger partial charge on any atom is 0.165 e. The van der Waals surface area contributed by atoms with Crippen LogP contribution in [-0.4, -0.2) is 14.4 Å². The first-order valence-corrected chi connectivity index (χ1v) is 13.5. The van der Waals surface area contributed by atoms with Crippen LogP contribution >= 0.6 is 0 Å². The van der Waals surface area contributed by atoms with Gasteiger partial charge in [-0.15, -0.1) is 0 Å². The van der Waals surface area contributed by atoms with Crippen LogP contribution in [0.25, 0.3) is 93.2 Å². The van der Waals surface area contributed by atoms with E-state index in [1.54, 1.807) is 0 Å². The van der Waals surface area contributed by atoms with Crippen LogP contribution < -0.4 is 0 Å². The van der Waals surface area contributed by atoms with Gasteiger partial charge in [0.15, 0.2) is 5.65 Å². The average Bonchev–Trinajstić information content (AvgIpc) is 3.66. The van der Waals surface area contributed by atoms with Gasteiger partial charge >= 0.3 is 0 Å². The molecule has 0 aliphatic carbocycles. The van der Waals surface area contributed by atoms with Crippen molar-refractivity contribution in [1.82, 2.24) is 14.4 Å². The summed E-state index contributed by atoms with van der Waals surface area (Å²) in [5, 5.41) is 8.13. The summed E-state index contributed by atoms with van der Waals surface area (Å²) in [6.07, 6.45) is 0. The number of para-hydroxylation sites is 2. The van der Waals surface area contributed by atoms with Crippen molar-refractivity contribution in [3.8, 4) is 11.1 Å². The van der Waals surface area contributed by atoms with Crippen LogP contribution in [0.15, 0.2) is 120 Å². The van der Waals surface area contributed by atoms with Gasteiger partial charge in [0, 0.05) is 32.3 Å². The Hall–Kier alpha value is -5.48. The third-order valence-corrected chi connectivity index (χ3v) is 8.49. The van der Waals surface area contributed by atoms with Crippen LogP contribution in [0.1, 0.15) is 0 Å². The van der Waals surface area contributed by atoms with E-state index in [1.165, 1.54) is 21.7 Å². The molecule has 0 N–H and O–H groups in total. The summed E-state index contributed by atoms with van der Waals surface area (Å²) >= 11 is 0. The van der Waals surface area contributed by atoms with Gasteiger partial charge in [-0.05, 0) is 59.0 Å². The third kappa shape index (κ3) is 2.51. The molecule has 40 heavy (non-hydrogen) atoms. The Morgan fingerprint density at radius 3 is 2.20 bits per heavy atom. The molecule has 10 aromatic rings. The molecule has 0 aliphatic heterocycles. The normalized spacial score (nSPS) is 12.5. The molecule has 0 bridgehead atoms. The summed E-state index contributed by atoms with van der Waals surface area (Å²) < 4.78 is 8.41. The van der Waals surface area contributed by atoms with Gasteiger partial charge < -0.3 is 4.42 Å². The number of aromatic nitrogens is 3. The molecule has 0 spiro atoms. The van der Waals surface area contributed by atoms with Crippen molar-refractivity contribution in [3.63, 3.8) is 0 Å². The van der Waals surface area contributed by atoms with Crippen molar-refractivity contribution < 1.29 is 4.42 Å². The van der Waals surface area contributed by atoms with Crippen molar-refractivity contribution in [3.05, 3.63) is 115 Å². The molecule has 184 valence electrons. The number of fused-ring (bicyclic) bond motifs is 12. The van der Waals surface area contributed by atoms with E-state index in [0.29, 0.717) is 0 Å². The number of nitrogens with zero attached hydrogens (tertiary/aromatic N) is 3. The van der Waals surface area contributed by atoms with Crippen molar-refractivity contribution >= 4 is 82.1 Å². The van der Waals surface area contributed by atoms with Gasteiger partial charge in [-0.2, -0.15) is 0 Å². The first kappa shape index (κ1) is 20.5. The standard InChI is InChI=1S/C36H19N3O/c1-2-8-23-20(7-1)13-15-29-33(23)38-34-28-19-22(21-14-16-32-26(17-21)25-10-4-6-12-31(25)40-32)18-27-24-9-3-5-11-30(24)39(35(27)28)36(34)37-29/h1-19H. The molecule has 0 fully saturated rings. The SMILES string of the molecule is c1ccc2c(c1)ccc1nc3c(nc12)c1cc(-c2ccc4oc5ccccc5c4c2)cc2c4ccccc4n3c21.